The summed E-state index contributed by atoms with van der Waals surface area (Å²) in [7, 11) is 1.63. The molecule has 2 aromatic heterocycles. The zero-order valence-electron chi connectivity index (χ0n) is 14.2. The summed E-state index contributed by atoms with van der Waals surface area (Å²) in [6.45, 7) is 0. The van der Waals surface area contributed by atoms with Gasteiger partial charge < -0.3 is 15.8 Å². The second-order valence-corrected chi connectivity index (χ2v) is 5.76. The third-order valence-corrected chi connectivity index (χ3v) is 4.06. The number of pyridine rings is 1. The largest absolute Gasteiger partial charge is 0.497 e. The lowest BCUT2D eigenvalue weighted by Gasteiger charge is -2.10. The van der Waals surface area contributed by atoms with E-state index in [0.717, 1.165) is 33.5 Å². The topological polar surface area (TPSA) is 86.0 Å². The molecule has 4 rings (SSSR count). The Kier molecular flexibility index (Phi) is 4.07. The van der Waals surface area contributed by atoms with Gasteiger partial charge in [-0.05, 0) is 35.9 Å². The van der Waals surface area contributed by atoms with Crippen molar-refractivity contribution >= 4 is 28.4 Å². The number of rotatable bonds is 4. The first-order valence-electron chi connectivity index (χ1n) is 8.12. The Hall–Kier alpha value is -3.67. The molecular weight excluding hydrogens is 326 g/mol. The Bertz CT molecular complexity index is 1080. The first-order valence-corrected chi connectivity index (χ1v) is 8.12. The highest BCUT2D eigenvalue weighted by atomic mass is 16.5. The van der Waals surface area contributed by atoms with Gasteiger partial charge in [0.25, 0.3) is 0 Å². The maximum absolute atomic E-state index is 6.18. The zero-order chi connectivity index (χ0) is 17.9. The van der Waals surface area contributed by atoms with E-state index in [1.54, 1.807) is 19.5 Å². The van der Waals surface area contributed by atoms with E-state index in [-0.39, 0.29) is 0 Å². The maximum atomic E-state index is 6.18. The molecule has 0 aliphatic rings. The maximum Gasteiger partial charge on any atom is 0.229 e. The van der Waals surface area contributed by atoms with Crippen LogP contribution in [0.1, 0.15) is 0 Å². The molecule has 4 aromatic rings. The number of hydrogen-bond acceptors (Lipinski definition) is 6. The van der Waals surface area contributed by atoms with E-state index in [2.05, 4.69) is 20.3 Å². The van der Waals surface area contributed by atoms with Gasteiger partial charge in [0, 0.05) is 35.1 Å². The lowest BCUT2D eigenvalue weighted by Crippen LogP contribution is -2.02. The fraction of sp³-hybridized carbons (Fsp3) is 0.0500. The lowest BCUT2D eigenvalue weighted by molar-refractivity contribution is 0.415. The molecule has 0 unspecified atom stereocenters. The number of nitrogens with one attached hydrogen (secondary N) is 1. The molecule has 0 radical (unpaired) electrons. The van der Waals surface area contributed by atoms with Gasteiger partial charge in [-0.1, -0.05) is 18.2 Å². The van der Waals surface area contributed by atoms with Crippen LogP contribution < -0.4 is 15.8 Å². The molecule has 26 heavy (non-hydrogen) atoms. The van der Waals surface area contributed by atoms with Crippen LogP contribution >= 0.6 is 0 Å². The molecule has 0 spiro atoms. The van der Waals surface area contributed by atoms with Crippen molar-refractivity contribution in [2.45, 2.75) is 0 Å². The van der Waals surface area contributed by atoms with Crippen LogP contribution in [0.3, 0.4) is 0 Å². The van der Waals surface area contributed by atoms with Gasteiger partial charge in [-0.2, -0.15) is 4.98 Å². The summed E-state index contributed by atoms with van der Waals surface area (Å²) in [6, 6.07) is 17.4. The molecule has 0 saturated heterocycles. The lowest BCUT2D eigenvalue weighted by atomic mass is 10.1. The predicted octanol–water partition coefficient (Wildman–Crippen LogP) is 4.03. The highest BCUT2D eigenvalue weighted by Crippen LogP contribution is 2.28. The first-order chi connectivity index (χ1) is 12.7. The molecule has 0 aliphatic carbocycles. The average Bonchev–Trinajstić information content (AvgIpc) is 2.68. The third kappa shape index (κ3) is 3.12. The highest BCUT2D eigenvalue weighted by Gasteiger charge is 2.08. The molecule has 0 amide bonds. The zero-order valence-corrected chi connectivity index (χ0v) is 14.2. The van der Waals surface area contributed by atoms with Crippen LogP contribution in [0.2, 0.25) is 0 Å². The smallest absolute Gasteiger partial charge is 0.229 e. The van der Waals surface area contributed by atoms with E-state index in [1.807, 2.05) is 54.6 Å². The fourth-order valence-electron chi connectivity index (χ4n) is 2.75. The molecule has 3 N–H and O–H groups in total. The van der Waals surface area contributed by atoms with Crippen LogP contribution in [-0.4, -0.2) is 22.1 Å². The number of methoxy groups -OCH3 is 1. The predicted molar refractivity (Wildman–Crippen MR) is 103 cm³/mol. The first kappa shape index (κ1) is 15.8. The summed E-state index contributed by atoms with van der Waals surface area (Å²) in [6.07, 6.45) is 3.50. The van der Waals surface area contributed by atoms with E-state index >= 15 is 0 Å². The minimum absolute atomic E-state index is 0.411. The van der Waals surface area contributed by atoms with Gasteiger partial charge in [0.05, 0.1) is 12.6 Å². The van der Waals surface area contributed by atoms with Crippen LogP contribution in [0.15, 0.2) is 67.0 Å². The van der Waals surface area contributed by atoms with Gasteiger partial charge in [0.1, 0.15) is 11.6 Å². The van der Waals surface area contributed by atoms with Gasteiger partial charge in [0.2, 0.25) is 5.95 Å². The number of benzene rings is 2. The molecule has 2 heterocycles. The second-order valence-electron chi connectivity index (χ2n) is 5.76. The molecule has 0 bridgehead atoms. The molecule has 6 heteroatoms. The van der Waals surface area contributed by atoms with Gasteiger partial charge in [-0.3, -0.25) is 4.98 Å². The molecule has 6 nitrogen and oxygen atoms in total. The van der Waals surface area contributed by atoms with E-state index in [0.29, 0.717) is 11.8 Å². The van der Waals surface area contributed by atoms with Crippen molar-refractivity contribution in [1.29, 1.82) is 0 Å². The molecule has 0 saturated carbocycles. The normalized spacial score (nSPS) is 10.7. The fourth-order valence-corrected chi connectivity index (χ4v) is 2.75. The summed E-state index contributed by atoms with van der Waals surface area (Å²) >= 11 is 0. The summed E-state index contributed by atoms with van der Waals surface area (Å²) in [5.74, 6) is 1.60. The Morgan fingerprint density at radius 2 is 1.92 bits per heavy atom. The van der Waals surface area contributed by atoms with E-state index < -0.39 is 0 Å². The number of nitrogen functional groups attached to an aromatic ring is 1. The molecule has 0 atom stereocenters. The highest BCUT2D eigenvalue weighted by molar-refractivity contribution is 5.86. The van der Waals surface area contributed by atoms with Crippen LogP contribution in [0, 0.1) is 0 Å². The van der Waals surface area contributed by atoms with Gasteiger partial charge in [0.15, 0.2) is 0 Å². The van der Waals surface area contributed by atoms with Crippen molar-refractivity contribution in [3.8, 4) is 16.9 Å². The number of aromatic nitrogens is 3. The number of anilines is 3. The third-order valence-electron chi connectivity index (χ3n) is 4.06. The summed E-state index contributed by atoms with van der Waals surface area (Å²) in [4.78, 5) is 13.1. The standard InChI is InChI=1S/C20H17N5O/c1-26-16-6-2-5-15(11-16)24-20-23-12-17(19(21)25-20)13-7-8-18-14(10-13)4-3-9-22-18/h2-12H,1H3,(H3,21,23,24,25). The minimum Gasteiger partial charge on any atom is -0.497 e. The quantitative estimate of drug-likeness (QED) is 0.582. The van der Waals surface area contributed by atoms with Crippen LogP contribution in [0.25, 0.3) is 22.0 Å². The Labute approximate surface area is 150 Å². The Morgan fingerprint density at radius 3 is 2.77 bits per heavy atom. The van der Waals surface area contributed by atoms with Crippen LogP contribution in [0.5, 0.6) is 5.75 Å². The number of hydrogen-bond donors (Lipinski definition) is 2. The summed E-state index contributed by atoms with van der Waals surface area (Å²) in [5, 5.41) is 4.18. The molecular formula is C20H17N5O. The van der Waals surface area contributed by atoms with Crippen LogP contribution in [-0.2, 0) is 0 Å². The molecule has 128 valence electrons. The number of fused-ring (bicyclic) bond motifs is 1. The second kappa shape index (κ2) is 6.68. The van der Waals surface area contributed by atoms with Crippen LogP contribution in [0.4, 0.5) is 17.5 Å². The van der Waals surface area contributed by atoms with E-state index in [9.17, 15) is 0 Å². The van der Waals surface area contributed by atoms with Crippen molar-refractivity contribution in [1.82, 2.24) is 15.0 Å². The number of ether oxygens (including phenoxy) is 1. The summed E-state index contributed by atoms with van der Waals surface area (Å²) < 4.78 is 5.22. The Balaban J connectivity index is 1.64. The Morgan fingerprint density at radius 1 is 1.00 bits per heavy atom. The van der Waals surface area contributed by atoms with Crippen molar-refractivity contribution in [2.24, 2.45) is 0 Å². The minimum atomic E-state index is 0.411. The summed E-state index contributed by atoms with van der Waals surface area (Å²) in [5.41, 5.74) is 9.68. The van der Waals surface area contributed by atoms with Crippen molar-refractivity contribution in [3.63, 3.8) is 0 Å². The van der Waals surface area contributed by atoms with Gasteiger partial charge >= 0.3 is 0 Å². The van der Waals surface area contributed by atoms with E-state index in [1.165, 1.54) is 0 Å². The SMILES string of the molecule is COc1cccc(Nc2ncc(-c3ccc4ncccc4c3)c(N)n2)c1. The molecule has 0 aliphatic heterocycles. The monoisotopic (exact) mass is 343 g/mol. The molecule has 2 aromatic carbocycles. The number of nitrogens with two attached hydrogens (primary N) is 1. The molecule has 0 fully saturated rings. The van der Waals surface area contributed by atoms with Crippen molar-refractivity contribution in [2.75, 3.05) is 18.2 Å². The van der Waals surface area contributed by atoms with Gasteiger partial charge in [-0.15, -0.1) is 0 Å². The number of nitrogens with zero attached hydrogens (tertiary/aromatic N) is 3. The van der Waals surface area contributed by atoms with E-state index in [4.69, 9.17) is 10.5 Å². The average molecular weight is 343 g/mol. The van der Waals surface area contributed by atoms with Gasteiger partial charge in [-0.25, -0.2) is 4.98 Å². The van der Waals surface area contributed by atoms with Crippen molar-refractivity contribution in [3.05, 3.63) is 67.0 Å². The van der Waals surface area contributed by atoms with Crippen molar-refractivity contribution < 1.29 is 4.74 Å².